The number of aromatic nitrogens is 2. The van der Waals surface area contributed by atoms with E-state index in [2.05, 4.69) is 5.32 Å². The molecule has 1 heterocycles. The fourth-order valence-electron chi connectivity index (χ4n) is 4.87. The van der Waals surface area contributed by atoms with Gasteiger partial charge in [0.2, 0.25) is 5.91 Å². The highest BCUT2D eigenvalue weighted by Crippen LogP contribution is 2.34. The van der Waals surface area contributed by atoms with Gasteiger partial charge >= 0.3 is 0 Å². The van der Waals surface area contributed by atoms with Crippen LogP contribution in [0.25, 0.3) is 27.6 Å². The van der Waals surface area contributed by atoms with Crippen molar-refractivity contribution in [1.29, 1.82) is 0 Å². The lowest BCUT2D eigenvalue weighted by Crippen LogP contribution is -2.42. The van der Waals surface area contributed by atoms with Gasteiger partial charge in [-0.05, 0) is 67.8 Å². The van der Waals surface area contributed by atoms with Crippen molar-refractivity contribution in [2.24, 2.45) is 0 Å². The van der Waals surface area contributed by atoms with E-state index in [-0.39, 0.29) is 24.4 Å². The SMILES string of the molecule is Cc1ccccc1-n1nc(C)c(-c2ccccc2)c1NC(=O)CN(C(=O)c1ccc2ccccc2c1)C(C)C. The van der Waals surface area contributed by atoms with Crippen molar-refractivity contribution in [3.05, 3.63) is 114 Å². The minimum absolute atomic E-state index is 0.0877. The Balaban J connectivity index is 1.48. The molecule has 0 aliphatic heterocycles. The Kier molecular flexibility index (Phi) is 7.28. The Bertz CT molecular complexity index is 1650. The third kappa shape index (κ3) is 5.32. The topological polar surface area (TPSA) is 67.2 Å². The molecule has 5 rings (SSSR count). The Morgan fingerprint density at radius 1 is 0.846 bits per heavy atom. The zero-order valence-electron chi connectivity index (χ0n) is 22.7. The average molecular weight is 517 g/mol. The molecule has 1 aromatic heterocycles. The Morgan fingerprint density at radius 2 is 1.51 bits per heavy atom. The van der Waals surface area contributed by atoms with Gasteiger partial charge in [0, 0.05) is 17.2 Å². The zero-order valence-corrected chi connectivity index (χ0v) is 22.7. The van der Waals surface area contributed by atoms with Crippen LogP contribution >= 0.6 is 0 Å². The summed E-state index contributed by atoms with van der Waals surface area (Å²) in [5.74, 6) is 0.113. The summed E-state index contributed by atoms with van der Waals surface area (Å²) in [7, 11) is 0. The van der Waals surface area contributed by atoms with Gasteiger partial charge in [-0.2, -0.15) is 5.10 Å². The van der Waals surface area contributed by atoms with Gasteiger partial charge in [-0.1, -0.05) is 78.9 Å². The van der Waals surface area contributed by atoms with Crippen LogP contribution in [-0.4, -0.2) is 39.1 Å². The number of nitrogens with zero attached hydrogens (tertiary/aromatic N) is 3. The van der Waals surface area contributed by atoms with E-state index < -0.39 is 0 Å². The normalized spacial score (nSPS) is 11.1. The first-order chi connectivity index (χ1) is 18.8. The van der Waals surface area contributed by atoms with Gasteiger partial charge < -0.3 is 10.2 Å². The molecule has 6 nitrogen and oxygen atoms in total. The monoisotopic (exact) mass is 516 g/mol. The summed E-state index contributed by atoms with van der Waals surface area (Å²) in [6, 6.07) is 31.2. The molecule has 0 saturated heterocycles. The first-order valence-electron chi connectivity index (χ1n) is 13.1. The van der Waals surface area contributed by atoms with Gasteiger partial charge in [0.1, 0.15) is 12.4 Å². The maximum Gasteiger partial charge on any atom is 0.254 e. The molecule has 0 bridgehead atoms. The first kappa shape index (κ1) is 25.9. The van der Waals surface area contributed by atoms with E-state index in [9.17, 15) is 9.59 Å². The van der Waals surface area contributed by atoms with E-state index >= 15 is 0 Å². The largest absolute Gasteiger partial charge is 0.327 e. The molecule has 0 aliphatic carbocycles. The maximum absolute atomic E-state index is 13.6. The summed E-state index contributed by atoms with van der Waals surface area (Å²) >= 11 is 0. The Hall–Kier alpha value is -4.71. The smallest absolute Gasteiger partial charge is 0.254 e. The molecule has 0 spiro atoms. The van der Waals surface area contributed by atoms with Crippen molar-refractivity contribution >= 4 is 28.4 Å². The number of nitrogens with one attached hydrogen (secondary N) is 1. The van der Waals surface area contributed by atoms with Crippen molar-refractivity contribution in [2.45, 2.75) is 33.7 Å². The van der Waals surface area contributed by atoms with Crippen molar-refractivity contribution in [2.75, 3.05) is 11.9 Å². The summed E-state index contributed by atoms with van der Waals surface area (Å²) in [5, 5.41) is 9.99. The fraction of sp³-hybridized carbons (Fsp3) is 0.182. The van der Waals surface area contributed by atoms with Crippen LogP contribution in [0.4, 0.5) is 5.82 Å². The predicted octanol–water partition coefficient (Wildman–Crippen LogP) is 6.80. The highest BCUT2D eigenvalue weighted by atomic mass is 16.2. The van der Waals surface area contributed by atoms with Crippen LogP contribution in [0.15, 0.2) is 97.1 Å². The molecule has 0 saturated carbocycles. The van der Waals surface area contributed by atoms with E-state index in [1.54, 1.807) is 9.58 Å². The second-order valence-electron chi connectivity index (χ2n) is 10.0. The number of amides is 2. The molecule has 0 radical (unpaired) electrons. The second kappa shape index (κ2) is 11.0. The number of rotatable bonds is 7. The van der Waals surface area contributed by atoms with Gasteiger partial charge in [-0.15, -0.1) is 0 Å². The van der Waals surface area contributed by atoms with Gasteiger partial charge in [-0.3, -0.25) is 9.59 Å². The Labute approximate surface area is 228 Å². The number of carbonyl (C=O) groups excluding carboxylic acids is 2. The predicted molar refractivity (Wildman–Crippen MR) is 157 cm³/mol. The summed E-state index contributed by atoms with van der Waals surface area (Å²) in [5.41, 5.74) is 5.08. The standard InChI is InChI=1S/C33H32N4O2/c1-22(2)36(33(39)28-19-18-25-13-9-10-16-27(25)20-28)21-30(38)34-32-31(26-14-6-5-7-15-26)24(4)35-37(32)29-17-11-8-12-23(29)3/h5-20,22H,21H2,1-4H3,(H,34,38). The molecule has 6 heteroatoms. The minimum atomic E-state index is -0.287. The first-order valence-corrected chi connectivity index (χ1v) is 13.1. The zero-order chi connectivity index (χ0) is 27.5. The number of benzene rings is 4. The molecule has 2 amide bonds. The molecule has 1 N–H and O–H groups in total. The number of aryl methyl sites for hydroxylation is 2. The van der Waals surface area contributed by atoms with Crippen molar-refractivity contribution < 1.29 is 9.59 Å². The number of anilines is 1. The fourth-order valence-corrected chi connectivity index (χ4v) is 4.87. The summed E-state index contributed by atoms with van der Waals surface area (Å²) in [4.78, 5) is 28.8. The highest BCUT2D eigenvalue weighted by Gasteiger charge is 2.25. The van der Waals surface area contributed by atoms with E-state index in [1.165, 1.54) is 0 Å². The van der Waals surface area contributed by atoms with Gasteiger partial charge in [0.25, 0.3) is 5.91 Å². The average Bonchev–Trinajstić information content (AvgIpc) is 3.26. The van der Waals surface area contributed by atoms with Gasteiger partial charge in [0.15, 0.2) is 0 Å². The molecular weight excluding hydrogens is 484 g/mol. The molecule has 4 aromatic carbocycles. The summed E-state index contributed by atoms with van der Waals surface area (Å²) < 4.78 is 1.79. The van der Waals surface area contributed by atoms with E-state index in [0.29, 0.717) is 11.4 Å². The van der Waals surface area contributed by atoms with Gasteiger partial charge in [-0.25, -0.2) is 4.68 Å². The summed E-state index contributed by atoms with van der Waals surface area (Å²) in [6.07, 6.45) is 0. The molecule has 5 aromatic rings. The minimum Gasteiger partial charge on any atom is -0.327 e. The third-order valence-corrected chi connectivity index (χ3v) is 6.92. The lowest BCUT2D eigenvalue weighted by Gasteiger charge is -2.26. The van der Waals surface area contributed by atoms with Crippen molar-refractivity contribution in [3.63, 3.8) is 0 Å². The highest BCUT2D eigenvalue weighted by molar-refractivity contribution is 6.02. The molecular formula is C33H32N4O2. The van der Waals surface area contributed by atoms with Crippen LogP contribution in [-0.2, 0) is 4.79 Å². The van der Waals surface area contributed by atoms with E-state index in [4.69, 9.17) is 5.10 Å². The van der Waals surface area contributed by atoms with E-state index in [1.807, 2.05) is 125 Å². The molecule has 0 aliphatic rings. The van der Waals surface area contributed by atoms with Crippen molar-refractivity contribution in [1.82, 2.24) is 14.7 Å². The molecule has 0 atom stereocenters. The van der Waals surface area contributed by atoms with Crippen LogP contribution in [0.3, 0.4) is 0 Å². The van der Waals surface area contributed by atoms with Crippen LogP contribution in [0.5, 0.6) is 0 Å². The molecule has 39 heavy (non-hydrogen) atoms. The number of carbonyl (C=O) groups is 2. The Morgan fingerprint density at radius 3 is 2.23 bits per heavy atom. The maximum atomic E-state index is 13.6. The summed E-state index contributed by atoms with van der Waals surface area (Å²) in [6.45, 7) is 7.71. The molecule has 196 valence electrons. The number of hydrogen-bond acceptors (Lipinski definition) is 3. The van der Waals surface area contributed by atoms with Crippen LogP contribution in [0.2, 0.25) is 0 Å². The van der Waals surface area contributed by atoms with Crippen LogP contribution in [0.1, 0.15) is 35.5 Å². The number of para-hydroxylation sites is 1. The van der Waals surface area contributed by atoms with Crippen LogP contribution in [0, 0.1) is 13.8 Å². The number of hydrogen-bond donors (Lipinski definition) is 1. The van der Waals surface area contributed by atoms with Crippen molar-refractivity contribution in [3.8, 4) is 16.8 Å². The van der Waals surface area contributed by atoms with Gasteiger partial charge in [0.05, 0.1) is 11.4 Å². The van der Waals surface area contributed by atoms with Crippen LogP contribution < -0.4 is 5.32 Å². The quantitative estimate of drug-likeness (QED) is 0.259. The number of fused-ring (bicyclic) bond motifs is 1. The third-order valence-electron chi connectivity index (χ3n) is 6.92. The lowest BCUT2D eigenvalue weighted by atomic mass is 10.1. The molecule has 0 unspecified atom stereocenters. The lowest BCUT2D eigenvalue weighted by molar-refractivity contribution is -0.117. The second-order valence-corrected chi connectivity index (χ2v) is 10.0. The van der Waals surface area contributed by atoms with E-state index in [0.717, 1.165) is 38.8 Å². The molecule has 0 fully saturated rings.